The number of carbonyl (C=O) groups is 1. The van der Waals surface area contributed by atoms with Gasteiger partial charge in [-0.25, -0.2) is 4.98 Å². The number of rotatable bonds is 6. The van der Waals surface area contributed by atoms with E-state index in [2.05, 4.69) is 29.2 Å². The highest BCUT2D eigenvalue weighted by Crippen LogP contribution is 2.35. The molecular formula is C25H29N3O2S2. The minimum Gasteiger partial charge on any atom is -0.339 e. The predicted molar refractivity (Wildman–Crippen MR) is 133 cm³/mol. The lowest BCUT2D eigenvalue weighted by atomic mass is 9.87. The van der Waals surface area contributed by atoms with Crippen LogP contribution in [0.4, 0.5) is 0 Å². The summed E-state index contributed by atoms with van der Waals surface area (Å²) in [7, 11) is 1.94. The van der Waals surface area contributed by atoms with Gasteiger partial charge in [-0.1, -0.05) is 24.3 Å². The fourth-order valence-electron chi connectivity index (χ4n) is 5.09. The molecule has 0 saturated carbocycles. The number of aromatic amines is 1. The van der Waals surface area contributed by atoms with E-state index in [9.17, 15) is 9.59 Å². The molecule has 2 aliphatic carbocycles. The number of nitrogens with one attached hydrogen (secondary N) is 1. The molecule has 168 valence electrons. The third-order valence-electron chi connectivity index (χ3n) is 6.77. The number of benzene rings is 1. The first-order valence-corrected chi connectivity index (χ1v) is 13.5. The molecule has 1 amide bonds. The summed E-state index contributed by atoms with van der Waals surface area (Å²) in [4.78, 5) is 37.4. The van der Waals surface area contributed by atoms with Gasteiger partial charge >= 0.3 is 0 Å². The molecule has 1 aromatic carbocycles. The first kappa shape index (κ1) is 21.7. The lowest BCUT2D eigenvalue weighted by Crippen LogP contribution is -2.33. The number of hydrogen-bond donors (Lipinski definition) is 1. The number of hydrogen-bond acceptors (Lipinski definition) is 5. The Morgan fingerprint density at radius 1 is 1.22 bits per heavy atom. The fraction of sp³-hybridized carbons (Fsp3) is 0.480. The van der Waals surface area contributed by atoms with Crippen LogP contribution in [-0.2, 0) is 29.8 Å². The van der Waals surface area contributed by atoms with Gasteiger partial charge in [0.2, 0.25) is 5.91 Å². The molecule has 7 heteroatoms. The SMILES string of the molecule is CN(C(=O)CCSCc1nc2sc3c(c2c(=O)[nH]1)CCCC3)C1CCCc2ccccc21. The molecule has 32 heavy (non-hydrogen) atoms. The molecule has 2 aromatic heterocycles. The predicted octanol–water partition coefficient (Wildman–Crippen LogP) is 5.02. The summed E-state index contributed by atoms with van der Waals surface area (Å²) in [5.41, 5.74) is 3.90. The highest BCUT2D eigenvalue weighted by molar-refractivity contribution is 7.98. The summed E-state index contributed by atoms with van der Waals surface area (Å²) in [6, 6.07) is 8.69. The zero-order valence-corrected chi connectivity index (χ0v) is 20.1. The topological polar surface area (TPSA) is 66.1 Å². The number of amides is 1. The highest BCUT2D eigenvalue weighted by Gasteiger charge is 2.26. The third-order valence-corrected chi connectivity index (χ3v) is 8.93. The van der Waals surface area contributed by atoms with Crippen molar-refractivity contribution in [3.05, 3.63) is 62.0 Å². The van der Waals surface area contributed by atoms with Crippen molar-refractivity contribution in [1.82, 2.24) is 14.9 Å². The largest absolute Gasteiger partial charge is 0.339 e. The first-order chi connectivity index (χ1) is 15.6. The van der Waals surface area contributed by atoms with Gasteiger partial charge < -0.3 is 9.88 Å². The van der Waals surface area contributed by atoms with Crippen LogP contribution in [0.1, 0.15) is 65.5 Å². The Morgan fingerprint density at radius 2 is 2.06 bits per heavy atom. The third kappa shape index (κ3) is 4.25. The van der Waals surface area contributed by atoms with Gasteiger partial charge in [0, 0.05) is 24.1 Å². The molecular weight excluding hydrogens is 438 g/mol. The average Bonchev–Trinajstić information content (AvgIpc) is 3.20. The zero-order chi connectivity index (χ0) is 22.1. The zero-order valence-electron chi connectivity index (χ0n) is 18.5. The summed E-state index contributed by atoms with van der Waals surface area (Å²) in [5.74, 6) is 2.24. The van der Waals surface area contributed by atoms with E-state index in [1.807, 2.05) is 11.9 Å². The van der Waals surface area contributed by atoms with E-state index in [-0.39, 0.29) is 17.5 Å². The van der Waals surface area contributed by atoms with Crippen LogP contribution < -0.4 is 5.56 Å². The molecule has 0 bridgehead atoms. The summed E-state index contributed by atoms with van der Waals surface area (Å²) in [6.07, 6.45) is 8.19. The Labute approximate surface area is 196 Å². The molecule has 2 aliphatic rings. The van der Waals surface area contributed by atoms with Crippen LogP contribution in [-0.4, -0.2) is 33.6 Å². The van der Waals surface area contributed by atoms with Gasteiger partial charge in [-0.05, 0) is 61.6 Å². The number of thiophene rings is 1. The van der Waals surface area contributed by atoms with Gasteiger partial charge in [-0.3, -0.25) is 9.59 Å². The van der Waals surface area contributed by atoms with E-state index in [4.69, 9.17) is 4.98 Å². The lowest BCUT2D eigenvalue weighted by molar-refractivity contribution is -0.131. The fourth-order valence-corrected chi connectivity index (χ4v) is 7.16. The Morgan fingerprint density at radius 3 is 2.97 bits per heavy atom. The normalized spacial score (nSPS) is 17.7. The van der Waals surface area contributed by atoms with Gasteiger partial charge in [-0.15, -0.1) is 11.3 Å². The summed E-state index contributed by atoms with van der Waals surface area (Å²) in [5, 5.41) is 0.808. The molecule has 1 unspecified atom stereocenters. The quantitative estimate of drug-likeness (QED) is 0.517. The number of H-pyrrole nitrogens is 1. The van der Waals surface area contributed by atoms with Gasteiger partial charge in [0.05, 0.1) is 17.2 Å². The molecule has 0 saturated heterocycles. The lowest BCUT2D eigenvalue weighted by Gasteiger charge is -2.33. The number of aromatic nitrogens is 2. The Balaban J connectivity index is 1.18. The first-order valence-electron chi connectivity index (χ1n) is 11.6. The molecule has 5 rings (SSSR count). The molecule has 0 radical (unpaired) electrons. The van der Waals surface area contributed by atoms with Crippen molar-refractivity contribution in [1.29, 1.82) is 0 Å². The maximum absolute atomic E-state index is 12.8. The van der Waals surface area contributed by atoms with Crippen molar-refractivity contribution in [3.63, 3.8) is 0 Å². The molecule has 2 heterocycles. The number of fused-ring (bicyclic) bond motifs is 4. The van der Waals surface area contributed by atoms with Crippen LogP contribution in [0.15, 0.2) is 29.1 Å². The monoisotopic (exact) mass is 467 g/mol. The van der Waals surface area contributed by atoms with E-state index in [1.165, 1.54) is 28.0 Å². The van der Waals surface area contributed by atoms with Crippen LogP contribution in [0.2, 0.25) is 0 Å². The second kappa shape index (κ2) is 9.40. The van der Waals surface area contributed by atoms with Crippen LogP contribution in [0.5, 0.6) is 0 Å². The van der Waals surface area contributed by atoms with Crippen molar-refractivity contribution in [2.75, 3.05) is 12.8 Å². The van der Waals surface area contributed by atoms with Crippen molar-refractivity contribution in [2.24, 2.45) is 0 Å². The van der Waals surface area contributed by atoms with Gasteiger partial charge in [-0.2, -0.15) is 11.8 Å². The number of carbonyl (C=O) groups excluding carboxylic acids is 1. The van der Waals surface area contributed by atoms with Crippen molar-refractivity contribution in [2.45, 2.75) is 63.2 Å². The molecule has 1 atom stereocenters. The summed E-state index contributed by atoms with van der Waals surface area (Å²) in [6.45, 7) is 0. The Bertz CT molecular complexity index is 1200. The molecule has 0 spiro atoms. The molecule has 5 nitrogen and oxygen atoms in total. The van der Waals surface area contributed by atoms with Crippen LogP contribution >= 0.6 is 23.1 Å². The van der Waals surface area contributed by atoms with E-state index in [0.717, 1.165) is 54.5 Å². The van der Waals surface area contributed by atoms with E-state index >= 15 is 0 Å². The van der Waals surface area contributed by atoms with Crippen molar-refractivity contribution in [3.8, 4) is 0 Å². The molecule has 0 fully saturated rings. The smallest absolute Gasteiger partial charge is 0.259 e. The number of nitrogens with zero attached hydrogens (tertiary/aromatic N) is 2. The minimum absolute atomic E-state index is 0.00299. The molecule has 1 N–H and O–H groups in total. The number of thioether (sulfide) groups is 1. The van der Waals surface area contributed by atoms with Crippen LogP contribution in [0.3, 0.4) is 0 Å². The standard InChI is InChI=1S/C25H29N3O2S2/c1-28(19-11-6-8-16-7-2-3-9-17(16)19)22(29)13-14-31-15-21-26-24(30)23-18-10-4-5-12-20(18)32-25(23)27-21/h2-3,7,9,19H,4-6,8,10-15H2,1H3,(H,26,27,30). The maximum Gasteiger partial charge on any atom is 0.259 e. The minimum atomic E-state index is -0.00299. The average molecular weight is 468 g/mol. The van der Waals surface area contributed by atoms with Gasteiger partial charge in [0.25, 0.3) is 5.56 Å². The number of aryl methyl sites for hydroxylation is 3. The summed E-state index contributed by atoms with van der Waals surface area (Å²) >= 11 is 3.35. The van der Waals surface area contributed by atoms with E-state index < -0.39 is 0 Å². The maximum atomic E-state index is 12.8. The van der Waals surface area contributed by atoms with Crippen LogP contribution in [0.25, 0.3) is 10.2 Å². The van der Waals surface area contributed by atoms with E-state index in [1.54, 1.807) is 23.1 Å². The molecule has 3 aromatic rings. The van der Waals surface area contributed by atoms with Crippen molar-refractivity contribution >= 4 is 39.2 Å². The Hall–Kier alpha value is -2.12. The Kier molecular flexibility index (Phi) is 6.37. The van der Waals surface area contributed by atoms with Gasteiger partial charge in [0.1, 0.15) is 10.7 Å². The van der Waals surface area contributed by atoms with Crippen molar-refractivity contribution < 1.29 is 4.79 Å². The van der Waals surface area contributed by atoms with Gasteiger partial charge in [0.15, 0.2) is 0 Å². The van der Waals surface area contributed by atoms with Crippen LogP contribution in [0, 0.1) is 0 Å². The highest BCUT2D eigenvalue weighted by atomic mass is 32.2. The van der Waals surface area contributed by atoms with E-state index in [0.29, 0.717) is 18.0 Å². The second-order valence-corrected chi connectivity index (χ2v) is 11.0. The molecule has 0 aliphatic heterocycles. The second-order valence-electron chi connectivity index (χ2n) is 8.82. The summed E-state index contributed by atoms with van der Waals surface area (Å²) < 4.78 is 0.